The maximum Gasteiger partial charge on any atom is 0.234 e. The molecule has 0 N–H and O–H groups in total. The van der Waals surface area contributed by atoms with Crippen molar-refractivity contribution in [1.29, 1.82) is 0 Å². The monoisotopic (exact) mass is 324 g/mol. The third-order valence-corrected chi connectivity index (χ3v) is 4.47. The summed E-state index contributed by atoms with van der Waals surface area (Å²) in [6.07, 6.45) is 1.36. The molecule has 0 aliphatic carbocycles. The van der Waals surface area contributed by atoms with Crippen LogP contribution in [0.3, 0.4) is 0 Å². The van der Waals surface area contributed by atoms with E-state index in [-0.39, 0.29) is 5.82 Å². The molecule has 0 saturated heterocycles. The van der Waals surface area contributed by atoms with Crippen LogP contribution in [-0.2, 0) is 12.8 Å². The lowest BCUT2D eigenvalue weighted by molar-refractivity contribution is 0.627. The summed E-state index contributed by atoms with van der Waals surface area (Å²) in [5.41, 5.74) is 2.20. The average Bonchev–Trinajstić information content (AvgIpc) is 3.12. The Morgan fingerprint density at radius 3 is 2.39 bits per heavy atom. The van der Waals surface area contributed by atoms with Gasteiger partial charge in [0.15, 0.2) is 5.82 Å². The Bertz CT molecular complexity index is 928. The molecule has 114 valence electrons. The van der Waals surface area contributed by atoms with Crippen LogP contribution < -0.4 is 0 Å². The summed E-state index contributed by atoms with van der Waals surface area (Å²) in [6, 6.07) is 16.6. The minimum atomic E-state index is -0.225. The van der Waals surface area contributed by atoms with Gasteiger partial charge in [-0.3, -0.25) is 0 Å². The van der Waals surface area contributed by atoms with Gasteiger partial charge in [0.05, 0.1) is 0 Å². The number of aromatic nitrogens is 4. The predicted octanol–water partition coefficient (Wildman–Crippen LogP) is 3.51. The normalized spacial score (nSPS) is 11.2. The topological polar surface area (TPSA) is 43.1 Å². The van der Waals surface area contributed by atoms with E-state index < -0.39 is 0 Å². The first-order valence-electron chi connectivity index (χ1n) is 7.26. The third-order valence-electron chi connectivity index (χ3n) is 3.57. The molecule has 23 heavy (non-hydrogen) atoms. The molecule has 0 spiro atoms. The van der Waals surface area contributed by atoms with Gasteiger partial charge in [-0.25, -0.2) is 4.39 Å². The largest absolute Gasteiger partial charge is 0.234 e. The van der Waals surface area contributed by atoms with Crippen LogP contribution in [0, 0.1) is 5.82 Å². The zero-order chi connectivity index (χ0) is 15.6. The second-order valence-corrected chi connectivity index (χ2v) is 6.31. The highest BCUT2D eigenvalue weighted by Crippen LogP contribution is 2.19. The Morgan fingerprint density at radius 1 is 0.870 bits per heavy atom. The van der Waals surface area contributed by atoms with Gasteiger partial charge in [-0.2, -0.15) is 9.61 Å². The van der Waals surface area contributed by atoms with Gasteiger partial charge >= 0.3 is 0 Å². The zero-order valence-corrected chi connectivity index (χ0v) is 13.0. The van der Waals surface area contributed by atoms with Crippen LogP contribution in [0.25, 0.3) is 4.96 Å². The van der Waals surface area contributed by atoms with E-state index in [9.17, 15) is 4.39 Å². The lowest BCUT2D eigenvalue weighted by atomic mass is 10.1. The van der Waals surface area contributed by atoms with Crippen LogP contribution >= 0.6 is 11.3 Å². The molecule has 0 aliphatic rings. The van der Waals surface area contributed by atoms with Crippen molar-refractivity contribution in [3.8, 4) is 0 Å². The molecule has 4 rings (SSSR count). The van der Waals surface area contributed by atoms with Crippen LogP contribution in [0.4, 0.5) is 4.39 Å². The standard InChI is InChI=1S/C17H13FN4S/c18-14-8-6-13(7-9-14)11-16-21-22-15(19-20-17(22)23-16)10-12-4-2-1-3-5-12/h1-9H,10-11H2. The summed E-state index contributed by atoms with van der Waals surface area (Å²) >= 11 is 1.51. The van der Waals surface area contributed by atoms with Crippen molar-refractivity contribution in [2.24, 2.45) is 0 Å². The minimum absolute atomic E-state index is 0.225. The molecule has 0 amide bonds. The first kappa shape index (κ1) is 14.0. The van der Waals surface area contributed by atoms with Crippen molar-refractivity contribution in [2.75, 3.05) is 0 Å². The molecule has 6 heteroatoms. The smallest absolute Gasteiger partial charge is 0.207 e. The molecule has 0 fully saturated rings. The van der Waals surface area contributed by atoms with Gasteiger partial charge in [-0.1, -0.05) is 53.8 Å². The summed E-state index contributed by atoms with van der Waals surface area (Å²) in [7, 11) is 0. The summed E-state index contributed by atoms with van der Waals surface area (Å²) in [6.45, 7) is 0. The van der Waals surface area contributed by atoms with Crippen LogP contribution in [0.2, 0.25) is 0 Å². The summed E-state index contributed by atoms with van der Waals surface area (Å²) in [5.74, 6) is 0.602. The Labute approximate surface area is 136 Å². The molecular formula is C17H13FN4S. The summed E-state index contributed by atoms with van der Waals surface area (Å²) in [4.78, 5) is 0.785. The third kappa shape index (κ3) is 2.98. The molecule has 4 aromatic rings. The molecule has 0 bridgehead atoms. The van der Waals surface area contributed by atoms with Gasteiger partial charge in [0.25, 0.3) is 0 Å². The van der Waals surface area contributed by atoms with Crippen molar-refractivity contribution >= 4 is 16.3 Å². The highest BCUT2D eigenvalue weighted by Gasteiger charge is 2.12. The molecule has 2 aromatic carbocycles. The van der Waals surface area contributed by atoms with Gasteiger partial charge in [-0.05, 0) is 23.3 Å². The van der Waals surface area contributed by atoms with Gasteiger partial charge in [0, 0.05) is 12.8 Å². The van der Waals surface area contributed by atoms with Gasteiger partial charge < -0.3 is 0 Å². The zero-order valence-electron chi connectivity index (χ0n) is 12.2. The molecule has 4 nitrogen and oxygen atoms in total. The Hall–Kier alpha value is -2.60. The first-order chi connectivity index (χ1) is 11.3. The number of hydrogen-bond donors (Lipinski definition) is 0. The number of fused-ring (bicyclic) bond motifs is 1. The fourth-order valence-corrected chi connectivity index (χ4v) is 3.32. The quantitative estimate of drug-likeness (QED) is 0.577. The number of rotatable bonds is 4. The molecular weight excluding hydrogens is 311 g/mol. The molecule has 2 heterocycles. The second-order valence-electron chi connectivity index (χ2n) is 5.27. The van der Waals surface area contributed by atoms with Crippen LogP contribution in [-0.4, -0.2) is 19.8 Å². The van der Waals surface area contributed by atoms with E-state index in [0.717, 1.165) is 21.4 Å². The predicted molar refractivity (Wildman–Crippen MR) is 87.1 cm³/mol. The van der Waals surface area contributed by atoms with Crippen LogP contribution in [0.5, 0.6) is 0 Å². The fourth-order valence-electron chi connectivity index (χ4n) is 2.43. The first-order valence-corrected chi connectivity index (χ1v) is 8.08. The van der Waals surface area contributed by atoms with Gasteiger partial charge in [0.1, 0.15) is 10.8 Å². The fraction of sp³-hybridized carbons (Fsp3) is 0.118. The Kier molecular flexibility index (Phi) is 3.59. The van der Waals surface area contributed by atoms with Crippen LogP contribution in [0.15, 0.2) is 54.6 Å². The number of halogens is 1. The van der Waals surface area contributed by atoms with Gasteiger partial charge in [-0.15, -0.1) is 10.2 Å². The van der Waals surface area contributed by atoms with E-state index in [0.29, 0.717) is 12.8 Å². The SMILES string of the molecule is Fc1ccc(Cc2nn3c(Cc4ccccc4)nnc3s2)cc1. The maximum atomic E-state index is 13.0. The molecule has 0 saturated carbocycles. The van der Waals surface area contributed by atoms with Gasteiger partial charge in [0.2, 0.25) is 4.96 Å². The van der Waals surface area contributed by atoms with E-state index in [1.54, 1.807) is 16.6 Å². The summed E-state index contributed by atoms with van der Waals surface area (Å²) < 4.78 is 14.8. The van der Waals surface area contributed by atoms with E-state index in [2.05, 4.69) is 27.4 Å². The Morgan fingerprint density at radius 2 is 1.61 bits per heavy atom. The number of hydrogen-bond acceptors (Lipinski definition) is 4. The van der Waals surface area contributed by atoms with Crippen molar-refractivity contribution in [1.82, 2.24) is 19.8 Å². The van der Waals surface area contributed by atoms with E-state index in [1.807, 2.05) is 18.2 Å². The number of benzene rings is 2. The van der Waals surface area contributed by atoms with Crippen molar-refractivity contribution in [2.45, 2.75) is 12.8 Å². The van der Waals surface area contributed by atoms with E-state index >= 15 is 0 Å². The Balaban J connectivity index is 1.60. The molecule has 2 aromatic heterocycles. The highest BCUT2D eigenvalue weighted by atomic mass is 32.1. The maximum absolute atomic E-state index is 13.0. The number of nitrogens with zero attached hydrogens (tertiary/aromatic N) is 4. The van der Waals surface area contributed by atoms with E-state index in [1.165, 1.54) is 29.0 Å². The molecule has 0 radical (unpaired) electrons. The minimum Gasteiger partial charge on any atom is -0.207 e. The highest BCUT2D eigenvalue weighted by molar-refractivity contribution is 7.16. The second kappa shape index (κ2) is 5.89. The average molecular weight is 324 g/mol. The lowest BCUT2D eigenvalue weighted by Crippen LogP contribution is -1.98. The van der Waals surface area contributed by atoms with Crippen molar-refractivity contribution in [3.63, 3.8) is 0 Å². The lowest BCUT2D eigenvalue weighted by Gasteiger charge is -1.98. The molecule has 0 aliphatic heterocycles. The molecule has 0 unspecified atom stereocenters. The van der Waals surface area contributed by atoms with Crippen LogP contribution in [0.1, 0.15) is 22.0 Å². The summed E-state index contributed by atoms with van der Waals surface area (Å²) in [5, 5.41) is 14.0. The van der Waals surface area contributed by atoms with Crippen molar-refractivity contribution < 1.29 is 4.39 Å². The van der Waals surface area contributed by atoms with E-state index in [4.69, 9.17) is 0 Å². The van der Waals surface area contributed by atoms with Crippen molar-refractivity contribution in [3.05, 3.63) is 82.4 Å². The molecule has 0 atom stereocenters.